The Labute approximate surface area is 129 Å². The molecule has 0 atom stereocenters. The van der Waals surface area contributed by atoms with Gasteiger partial charge in [0.05, 0.1) is 11.1 Å². The smallest absolute Gasteiger partial charge is 0.156 e. The highest BCUT2D eigenvalue weighted by atomic mass is 16.1. The molecule has 0 saturated carbocycles. The minimum absolute atomic E-state index is 0.0323. The Bertz CT molecular complexity index is 540. The molecule has 0 spiro atoms. The number of carbonyl (C=O) groups is 1. The van der Waals surface area contributed by atoms with E-state index in [0.717, 1.165) is 11.3 Å². The predicted octanol–water partition coefficient (Wildman–Crippen LogP) is 4.74. The summed E-state index contributed by atoms with van der Waals surface area (Å²) in [4.78, 5) is 16.2. The van der Waals surface area contributed by atoms with Gasteiger partial charge in [0.25, 0.3) is 0 Å². The molecule has 0 bridgehead atoms. The lowest BCUT2D eigenvalue weighted by atomic mass is 9.80. The summed E-state index contributed by atoms with van der Waals surface area (Å²) < 4.78 is 0. The lowest BCUT2D eigenvalue weighted by Crippen LogP contribution is -2.35. The molecule has 0 fully saturated rings. The van der Waals surface area contributed by atoms with Gasteiger partial charge in [-0.15, -0.1) is 0 Å². The van der Waals surface area contributed by atoms with Crippen molar-refractivity contribution in [2.24, 2.45) is 16.1 Å². The van der Waals surface area contributed by atoms with Crippen LogP contribution >= 0.6 is 0 Å². The molecule has 1 aliphatic heterocycles. The van der Waals surface area contributed by atoms with Gasteiger partial charge in [0.1, 0.15) is 5.84 Å². The Balaban J connectivity index is 0.000000921. The Morgan fingerprint density at radius 1 is 1.10 bits per heavy atom. The summed E-state index contributed by atoms with van der Waals surface area (Å²) in [6.45, 7) is 13.4. The second kappa shape index (κ2) is 8.40. The summed E-state index contributed by atoms with van der Waals surface area (Å²) in [5, 5.41) is 0. The fourth-order valence-corrected chi connectivity index (χ4v) is 2.00. The van der Waals surface area contributed by atoms with E-state index in [0.29, 0.717) is 11.4 Å². The van der Waals surface area contributed by atoms with Gasteiger partial charge in [0.2, 0.25) is 0 Å². The van der Waals surface area contributed by atoms with Crippen LogP contribution in [-0.4, -0.2) is 11.6 Å². The van der Waals surface area contributed by atoms with E-state index in [1.54, 1.807) is 6.92 Å². The van der Waals surface area contributed by atoms with Gasteiger partial charge in [-0.3, -0.25) is 4.79 Å². The van der Waals surface area contributed by atoms with E-state index in [1.807, 2.05) is 71.9 Å². The molecule has 1 aromatic carbocycles. The summed E-state index contributed by atoms with van der Waals surface area (Å²) in [6, 6.07) is 7.68. The highest BCUT2D eigenvalue weighted by molar-refractivity contribution is 6.08. The van der Waals surface area contributed by atoms with Gasteiger partial charge >= 0.3 is 0 Å². The number of nitrogens with two attached hydrogens (primary N) is 1. The molecular formula is C18H28N2O. The zero-order valence-corrected chi connectivity index (χ0v) is 14.3. The molecular weight excluding hydrogens is 260 g/mol. The summed E-state index contributed by atoms with van der Waals surface area (Å²) >= 11 is 0. The van der Waals surface area contributed by atoms with Gasteiger partial charge in [-0.05, 0) is 32.9 Å². The molecule has 2 rings (SSSR count). The number of benzene rings is 1. The number of Topliss-reactive ketones (excluding diaryl/α,β-unsaturated/α-hetero) is 1. The molecule has 0 saturated heterocycles. The minimum Gasteiger partial charge on any atom is -0.386 e. The van der Waals surface area contributed by atoms with E-state index >= 15 is 0 Å². The Hall–Kier alpha value is -1.90. The van der Waals surface area contributed by atoms with Crippen molar-refractivity contribution in [1.82, 2.24) is 0 Å². The van der Waals surface area contributed by atoms with Crippen molar-refractivity contribution in [3.05, 3.63) is 35.4 Å². The first-order chi connectivity index (χ1) is 9.93. The number of ketones is 1. The van der Waals surface area contributed by atoms with Crippen LogP contribution in [0.25, 0.3) is 6.08 Å². The van der Waals surface area contributed by atoms with E-state index < -0.39 is 5.41 Å². The Morgan fingerprint density at radius 2 is 1.62 bits per heavy atom. The van der Waals surface area contributed by atoms with Crippen LogP contribution in [0.1, 0.15) is 54.0 Å². The summed E-state index contributed by atoms with van der Waals surface area (Å²) in [6.07, 6.45) is 1.89. The van der Waals surface area contributed by atoms with Crippen molar-refractivity contribution in [3.63, 3.8) is 0 Å². The van der Waals surface area contributed by atoms with E-state index in [1.165, 1.54) is 0 Å². The number of carbonyl (C=O) groups excluding carboxylic acids is 1. The average Bonchev–Trinajstić information content (AvgIpc) is 2.59. The highest BCUT2D eigenvalue weighted by Gasteiger charge is 2.32. The van der Waals surface area contributed by atoms with Crippen LogP contribution in [0.2, 0.25) is 0 Å². The normalized spacial score (nSPS) is 14.8. The molecule has 0 radical (unpaired) electrons. The standard InChI is InChI=1S/C14H16N2O.2C2H6/c1-9(17)11-8-10-6-4-5-7-12(10)16-13(15)14(11,2)3;2*1-2/h4-8H,1-3H3,(H2,15,16);2*1-2H3. The summed E-state index contributed by atoms with van der Waals surface area (Å²) in [7, 11) is 0. The van der Waals surface area contributed by atoms with Crippen LogP contribution < -0.4 is 5.73 Å². The maximum absolute atomic E-state index is 11.7. The minimum atomic E-state index is -0.523. The molecule has 0 aromatic heterocycles. The molecule has 1 aliphatic rings. The second-order valence-electron chi connectivity index (χ2n) is 4.80. The van der Waals surface area contributed by atoms with Crippen LogP contribution in [0, 0.1) is 5.41 Å². The second-order valence-corrected chi connectivity index (χ2v) is 4.80. The molecule has 2 N–H and O–H groups in total. The number of amidine groups is 1. The Morgan fingerprint density at radius 3 is 2.14 bits per heavy atom. The van der Waals surface area contributed by atoms with Crippen LogP contribution in [0.15, 0.2) is 34.8 Å². The molecule has 1 aromatic rings. The van der Waals surface area contributed by atoms with Crippen molar-refractivity contribution in [2.45, 2.75) is 48.5 Å². The van der Waals surface area contributed by atoms with Gasteiger partial charge in [0, 0.05) is 11.1 Å². The molecule has 21 heavy (non-hydrogen) atoms. The largest absolute Gasteiger partial charge is 0.386 e. The van der Waals surface area contributed by atoms with Crippen molar-refractivity contribution in [3.8, 4) is 0 Å². The molecule has 0 unspecified atom stereocenters. The van der Waals surface area contributed by atoms with E-state index in [9.17, 15) is 4.79 Å². The number of fused-ring (bicyclic) bond motifs is 1. The topological polar surface area (TPSA) is 55.5 Å². The van der Waals surface area contributed by atoms with Gasteiger partial charge in [-0.25, -0.2) is 4.99 Å². The lowest BCUT2D eigenvalue weighted by molar-refractivity contribution is -0.114. The third kappa shape index (κ3) is 4.28. The average molecular weight is 288 g/mol. The molecule has 0 amide bonds. The third-order valence-electron chi connectivity index (χ3n) is 3.17. The van der Waals surface area contributed by atoms with E-state index in [2.05, 4.69) is 4.99 Å². The Kier molecular flexibility index (Phi) is 7.64. The number of hydrogen-bond acceptors (Lipinski definition) is 3. The first kappa shape index (κ1) is 19.1. The fourth-order valence-electron chi connectivity index (χ4n) is 2.00. The van der Waals surface area contributed by atoms with Crippen molar-refractivity contribution in [1.29, 1.82) is 0 Å². The lowest BCUT2D eigenvalue weighted by Gasteiger charge is -2.24. The zero-order valence-electron chi connectivity index (χ0n) is 14.3. The van der Waals surface area contributed by atoms with Gasteiger partial charge in [-0.2, -0.15) is 0 Å². The van der Waals surface area contributed by atoms with Gasteiger partial charge < -0.3 is 5.73 Å². The molecule has 3 heteroatoms. The first-order valence-corrected chi connectivity index (χ1v) is 7.59. The van der Waals surface area contributed by atoms with Crippen LogP contribution in [0.4, 0.5) is 5.69 Å². The number of rotatable bonds is 1. The monoisotopic (exact) mass is 288 g/mol. The zero-order chi connectivity index (χ0) is 16.6. The quantitative estimate of drug-likeness (QED) is 0.811. The fraction of sp³-hybridized carbons (Fsp3) is 0.444. The third-order valence-corrected chi connectivity index (χ3v) is 3.17. The molecule has 0 aliphatic carbocycles. The van der Waals surface area contributed by atoms with Crippen LogP contribution in [-0.2, 0) is 4.79 Å². The van der Waals surface area contributed by atoms with Crippen LogP contribution in [0.3, 0.4) is 0 Å². The summed E-state index contributed by atoms with van der Waals surface area (Å²) in [5.74, 6) is 0.508. The SMILES string of the molecule is CC.CC.CC(=O)C1=Cc2ccccc2N=C(N)C1(C)C. The van der Waals surface area contributed by atoms with Crippen molar-refractivity contribution < 1.29 is 4.79 Å². The first-order valence-electron chi connectivity index (χ1n) is 7.59. The molecule has 116 valence electrons. The van der Waals surface area contributed by atoms with Gasteiger partial charge in [0.15, 0.2) is 5.78 Å². The highest BCUT2D eigenvalue weighted by Crippen LogP contribution is 2.35. The van der Waals surface area contributed by atoms with Crippen LogP contribution in [0.5, 0.6) is 0 Å². The number of para-hydroxylation sites is 1. The summed E-state index contributed by atoms with van der Waals surface area (Å²) in [5.41, 5.74) is 7.94. The maximum atomic E-state index is 11.7. The van der Waals surface area contributed by atoms with Crippen molar-refractivity contribution in [2.75, 3.05) is 0 Å². The molecule has 3 nitrogen and oxygen atoms in total. The van der Waals surface area contributed by atoms with E-state index in [4.69, 9.17) is 5.73 Å². The predicted molar refractivity (Wildman–Crippen MR) is 92.9 cm³/mol. The number of aliphatic imine (C=N–C) groups is 1. The number of nitrogens with zero attached hydrogens (tertiary/aromatic N) is 1. The van der Waals surface area contributed by atoms with Crippen molar-refractivity contribution >= 4 is 23.4 Å². The number of hydrogen-bond donors (Lipinski definition) is 1. The van der Waals surface area contributed by atoms with Gasteiger partial charge in [-0.1, -0.05) is 45.9 Å². The van der Waals surface area contributed by atoms with E-state index in [-0.39, 0.29) is 5.78 Å². The maximum Gasteiger partial charge on any atom is 0.156 e. The molecule has 1 heterocycles.